The van der Waals surface area contributed by atoms with Gasteiger partial charge in [0.2, 0.25) is 5.91 Å². The van der Waals surface area contributed by atoms with Gasteiger partial charge >= 0.3 is 0 Å². The zero-order valence-corrected chi connectivity index (χ0v) is 47.9. The van der Waals surface area contributed by atoms with Crippen LogP contribution in [0, 0.1) is 0 Å². The Balaban J connectivity index is 3.77. The minimum Gasteiger partial charge on any atom is -0.756 e. The molecule has 0 heterocycles. The van der Waals surface area contributed by atoms with Gasteiger partial charge in [-0.25, -0.2) is 0 Å². The highest BCUT2D eigenvalue weighted by molar-refractivity contribution is 7.45. The van der Waals surface area contributed by atoms with Crippen LogP contribution in [0.5, 0.6) is 0 Å². The van der Waals surface area contributed by atoms with Crippen molar-refractivity contribution in [3.05, 3.63) is 48.6 Å². The van der Waals surface area contributed by atoms with E-state index in [0.717, 1.165) is 64.2 Å². The van der Waals surface area contributed by atoms with Crippen molar-refractivity contribution < 1.29 is 32.9 Å². The van der Waals surface area contributed by atoms with Crippen LogP contribution in [0.4, 0.5) is 0 Å². The molecule has 0 fully saturated rings. The fourth-order valence-electron chi connectivity index (χ4n) is 8.92. The lowest BCUT2D eigenvalue weighted by molar-refractivity contribution is -0.870. The zero-order valence-electron chi connectivity index (χ0n) is 47.0. The average molecular weight is 1010 g/mol. The number of nitrogens with one attached hydrogen (secondary N) is 1. The van der Waals surface area contributed by atoms with Crippen LogP contribution in [-0.4, -0.2) is 68.5 Å². The Bertz CT molecular complexity index is 1280. The van der Waals surface area contributed by atoms with E-state index in [2.05, 4.69) is 67.8 Å². The van der Waals surface area contributed by atoms with E-state index < -0.39 is 20.0 Å². The van der Waals surface area contributed by atoms with Crippen LogP contribution in [0.15, 0.2) is 48.6 Å². The lowest BCUT2D eigenvalue weighted by Gasteiger charge is -2.30. The summed E-state index contributed by atoms with van der Waals surface area (Å²) in [6.45, 7) is 4.60. The number of nitrogens with zero attached hydrogens (tertiary/aromatic N) is 1. The van der Waals surface area contributed by atoms with Gasteiger partial charge in [-0.1, -0.05) is 274 Å². The van der Waals surface area contributed by atoms with Gasteiger partial charge in [-0.15, -0.1) is 0 Å². The van der Waals surface area contributed by atoms with Crippen molar-refractivity contribution in [3.8, 4) is 0 Å². The van der Waals surface area contributed by atoms with Crippen molar-refractivity contribution in [3.63, 3.8) is 0 Å². The average Bonchev–Trinajstić information content (AvgIpc) is 3.32. The number of allylic oxidation sites excluding steroid dienone is 8. The van der Waals surface area contributed by atoms with Crippen molar-refractivity contribution in [1.82, 2.24) is 5.32 Å². The third kappa shape index (κ3) is 54.2. The molecule has 0 radical (unpaired) electrons. The number of carbonyl (C=O) groups excluding carboxylic acids is 1. The lowest BCUT2D eigenvalue weighted by Crippen LogP contribution is -2.46. The number of unbranched alkanes of at least 4 members (excludes halogenated alkanes) is 34. The molecule has 0 saturated carbocycles. The molecule has 9 heteroatoms. The molecule has 0 aromatic rings. The molecule has 0 rings (SSSR count). The number of phosphoric ester groups is 1. The first-order valence-corrected chi connectivity index (χ1v) is 31.4. The highest BCUT2D eigenvalue weighted by atomic mass is 31.2. The van der Waals surface area contributed by atoms with Gasteiger partial charge in [-0.2, -0.15) is 0 Å². The summed E-state index contributed by atoms with van der Waals surface area (Å²) in [7, 11) is 1.31. The van der Waals surface area contributed by atoms with Gasteiger partial charge in [0.15, 0.2) is 0 Å². The number of carbonyl (C=O) groups is 1. The van der Waals surface area contributed by atoms with E-state index in [1.165, 1.54) is 193 Å². The van der Waals surface area contributed by atoms with Gasteiger partial charge in [-0.05, 0) is 51.4 Å². The Kier molecular flexibility index (Phi) is 51.2. The van der Waals surface area contributed by atoms with E-state index in [1.807, 2.05) is 21.1 Å². The van der Waals surface area contributed by atoms with Crippen LogP contribution < -0.4 is 10.2 Å². The van der Waals surface area contributed by atoms with Crippen LogP contribution in [-0.2, 0) is 18.4 Å². The van der Waals surface area contributed by atoms with Gasteiger partial charge in [0.1, 0.15) is 13.2 Å². The molecule has 0 aromatic heterocycles. The fourth-order valence-corrected chi connectivity index (χ4v) is 9.64. The first-order chi connectivity index (χ1) is 34.0. The summed E-state index contributed by atoms with van der Waals surface area (Å²) >= 11 is 0. The van der Waals surface area contributed by atoms with Crippen molar-refractivity contribution >= 4 is 13.7 Å². The number of aliphatic hydroxyl groups excluding tert-OH is 1. The lowest BCUT2D eigenvalue weighted by atomic mass is 10.0. The summed E-state index contributed by atoms with van der Waals surface area (Å²) in [5, 5.41) is 13.9. The van der Waals surface area contributed by atoms with Crippen LogP contribution in [0.25, 0.3) is 0 Å². The van der Waals surface area contributed by atoms with Gasteiger partial charge in [0, 0.05) is 6.42 Å². The smallest absolute Gasteiger partial charge is 0.268 e. The second-order valence-corrected chi connectivity index (χ2v) is 23.1. The third-order valence-electron chi connectivity index (χ3n) is 13.6. The molecule has 70 heavy (non-hydrogen) atoms. The molecular weight excluding hydrogens is 888 g/mol. The zero-order chi connectivity index (χ0) is 51.3. The number of quaternary nitrogens is 1. The SMILES string of the molecule is CC/C=C\C/C=C\C/C=C\C/C=C\CCCCCCCCCCCCCCCCCCCCCCCCCCCCC(=O)NC(COP(=O)([O-])OCC[N+](C)(C)C)C(O)CCCCCCCCCCC. The number of phosphoric acid groups is 1. The molecule has 412 valence electrons. The van der Waals surface area contributed by atoms with Crippen molar-refractivity contribution in [2.75, 3.05) is 40.9 Å². The predicted octanol–water partition coefficient (Wildman–Crippen LogP) is 17.7. The molecule has 0 aromatic carbocycles. The summed E-state index contributed by atoms with van der Waals surface area (Å²) < 4.78 is 23.3. The molecule has 0 aliphatic carbocycles. The molecule has 0 bridgehead atoms. The van der Waals surface area contributed by atoms with Crippen LogP contribution in [0.1, 0.15) is 284 Å². The number of hydrogen-bond donors (Lipinski definition) is 2. The summed E-state index contributed by atoms with van der Waals surface area (Å²) in [5.41, 5.74) is 0. The monoisotopic (exact) mass is 1000 g/mol. The molecule has 3 atom stereocenters. The molecule has 1 amide bonds. The second kappa shape index (κ2) is 52.3. The standard InChI is InChI=1S/C61H117N2O6P/c1-6-8-10-12-14-16-17-18-19-20-21-22-23-24-25-26-27-28-29-30-31-32-33-34-35-36-37-38-39-40-41-42-43-44-45-47-49-51-53-55-61(65)62-59(58-69-70(66,67)68-57-56-63(3,4)5)60(64)54-52-50-48-46-15-13-11-9-7-2/h8,10,14,16,18-19,21-22,59-60,64H,6-7,9,11-13,15,17,20,23-58H2,1-5H3,(H-,62,65,66,67)/b10-8-,16-14-,19-18-,22-21-. The molecule has 0 saturated heterocycles. The Morgan fingerprint density at radius 2 is 0.871 bits per heavy atom. The largest absolute Gasteiger partial charge is 0.756 e. The van der Waals surface area contributed by atoms with E-state index in [9.17, 15) is 19.4 Å². The summed E-state index contributed by atoms with van der Waals surface area (Å²) in [5.74, 6) is -0.163. The topological polar surface area (TPSA) is 108 Å². The summed E-state index contributed by atoms with van der Waals surface area (Å²) in [4.78, 5) is 25.4. The van der Waals surface area contributed by atoms with Gasteiger partial charge < -0.3 is 28.8 Å². The van der Waals surface area contributed by atoms with E-state index in [4.69, 9.17) is 9.05 Å². The Morgan fingerprint density at radius 3 is 1.27 bits per heavy atom. The number of rotatable bonds is 55. The van der Waals surface area contributed by atoms with Gasteiger partial charge in [-0.3, -0.25) is 9.36 Å². The van der Waals surface area contributed by atoms with Crippen molar-refractivity contribution in [2.24, 2.45) is 0 Å². The number of hydrogen-bond acceptors (Lipinski definition) is 6. The van der Waals surface area contributed by atoms with E-state index in [1.54, 1.807) is 0 Å². The Morgan fingerprint density at radius 1 is 0.514 bits per heavy atom. The molecule has 0 spiro atoms. The normalized spacial score (nSPS) is 14.2. The minimum absolute atomic E-state index is 0.0137. The van der Waals surface area contributed by atoms with E-state index in [-0.39, 0.29) is 19.1 Å². The third-order valence-corrected chi connectivity index (χ3v) is 14.5. The van der Waals surface area contributed by atoms with Crippen molar-refractivity contribution in [1.29, 1.82) is 0 Å². The summed E-state index contributed by atoms with van der Waals surface area (Å²) in [6.07, 6.45) is 69.1. The molecule has 0 aliphatic rings. The molecule has 0 aliphatic heterocycles. The van der Waals surface area contributed by atoms with E-state index in [0.29, 0.717) is 23.9 Å². The van der Waals surface area contributed by atoms with Crippen molar-refractivity contribution in [2.45, 2.75) is 296 Å². The second-order valence-electron chi connectivity index (χ2n) is 21.7. The molecule has 3 unspecified atom stereocenters. The van der Waals surface area contributed by atoms with Crippen LogP contribution >= 0.6 is 7.82 Å². The maximum atomic E-state index is 12.9. The minimum atomic E-state index is -4.56. The number of likely N-dealkylation sites (N-methyl/N-ethyl adjacent to an activating group) is 1. The fraction of sp³-hybridized carbons (Fsp3) is 0.852. The van der Waals surface area contributed by atoms with Crippen LogP contribution in [0.3, 0.4) is 0 Å². The predicted molar refractivity (Wildman–Crippen MR) is 302 cm³/mol. The summed E-state index contributed by atoms with van der Waals surface area (Å²) in [6, 6.07) is -0.796. The molecule has 2 N–H and O–H groups in total. The number of aliphatic hydroxyl groups is 1. The Hall–Kier alpha value is -1.54. The molecular formula is C61H117N2O6P. The number of amides is 1. The Labute approximate surface area is 435 Å². The van der Waals surface area contributed by atoms with Gasteiger partial charge in [0.05, 0.1) is 39.9 Å². The first kappa shape index (κ1) is 68.5. The first-order valence-electron chi connectivity index (χ1n) is 30.0. The quantitative estimate of drug-likeness (QED) is 0.0272. The van der Waals surface area contributed by atoms with Crippen LogP contribution in [0.2, 0.25) is 0 Å². The molecule has 8 nitrogen and oxygen atoms in total. The maximum Gasteiger partial charge on any atom is 0.268 e. The highest BCUT2D eigenvalue weighted by Gasteiger charge is 2.24. The maximum absolute atomic E-state index is 12.9. The van der Waals surface area contributed by atoms with E-state index >= 15 is 0 Å². The highest BCUT2D eigenvalue weighted by Crippen LogP contribution is 2.38. The van der Waals surface area contributed by atoms with Gasteiger partial charge in [0.25, 0.3) is 7.82 Å².